The summed E-state index contributed by atoms with van der Waals surface area (Å²) in [6.45, 7) is 1.09. The summed E-state index contributed by atoms with van der Waals surface area (Å²) in [5.41, 5.74) is 7.48. The molecule has 0 bridgehead atoms. The minimum Gasteiger partial charge on any atom is -0.465 e. The summed E-state index contributed by atoms with van der Waals surface area (Å²) in [6, 6.07) is 33.3. The van der Waals surface area contributed by atoms with Crippen LogP contribution in [-0.2, 0) is 27.2 Å². The van der Waals surface area contributed by atoms with Gasteiger partial charge in [-0.2, -0.15) is 0 Å². The van der Waals surface area contributed by atoms with E-state index in [-0.39, 0.29) is 30.3 Å². The standard InChI is InChI=1S/C48H50N8O6/c1-54(48(60)61)42(28-32-13-7-4-8-14-32)46(58)56-26-10-16-41(56)44-50-30-39(52-44)36-23-19-34(20-24-36)33-17-21-35(22-18-33)38-29-49-43(51-38)40-15-9-25-55(40)45(57)37(53-47(59)62-2)27-31-11-5-3-6-12-31/h3-8,11-14,17-24,29-30,37,40-42H,9-10,15-16,25-28H2,1-2H3,(H,49,51)(H,50,52)(H,53,59)(H,60,61)/t37-,40-,41-,42-/m0/s1. The van der Waals surface area contributed by atoms with Gasteiger partial charge >= 0.3 is 12.2 Å². The number of hydrogen-bond acceptors (Lipinski definition) is 7. The fraction of sp³-hybridized carbons (Fsp3) is 0.292. The van der Waals surface area contributed by atoms with Crippen LogP contribution >= 0.6 is 0 Å². The number of benzene rings is 4. The molecule has 2 fully saturated rings. The SMILES string of the molecule is COC(=O)N[C@@H](Cc1ccccc1)C(=O)N1CCC[C@H]1c1ncc(-c2ccc(-c3ccc(-c4cnc([C@@H]5CCCN5C(=O)[C@H](Cc5ccccc5)N(C)C(=O)O)[nH]4)cc3)cc2)[nH]1. The third-order valence-corrected chi connectivity index (χ3v) is 12.0. The topological polar surface area (TPSA) is 177 Å². The van der Waals surface area contributed by atoms with Crippen LogP contribution in [0, 0.1) is 0 Å². The van der Waals surface area contributed by atoms with Gasteiger partial charge < -0.3 is 34.9 Å². The molecule has 62 heavy (non-hydrogen) atoms. The highest BCUT2D eigenvalue weighted by molar-refractivity contribution is 5.87. The molecule has 2 saturated heterocycles. The summed E-state index contributed by atoms with van der Waals surface area (Å²) < 4.78 is 4.84. The van der Waals surface area contributed by atoms with Gasteiger partial charge in [0.25, 0.3) is 0 Å². The van der Waals surface area contributed by atoms with E-state index in [1.807, 2.05) is 84.9 Å². The third kappa shape index (κ3) is 9.09. The molecule has 4 atom stereocenters. The summed E-state index contributed by atoms with van der Waals surface area (Å²) in [6.07, 6.45) is 5.51. The number of nitrogens with zero attached hydrogens (tertiary/aromatic N) is 5. The van der Waals surface area contributed by atoms with Gasteiger partial charge in [-0.25, -0.2) is 19.6 Å². The molecule has 4 aromatic carbocycles. The Morgan fingerprint density at radius 3 is 1.61 bits per heavy atom. The first kappa shape index (κ1) is 41.5. The maximum absolute atomic E-state index is 14.0. The lowest BCUT2D eigenvalue weighted by Gasteiger charge is -2.32. The minimum atomic E-state index is -1.15. The number of aromatic nitrogens is 4. The van der Waals surface area contributed by atoms with E-state index in [1.54, 1.807) is 22.2 Å². The molecule has 0 unspecified atom stereocenters. The maximum Gasteiger partial charge on any atom is 0.407 e. The number of ether oxygens (including phenoxy) is 1. The summed E-state index contributed by atoms with van der Waals surface area (Å²) in [5.74, 6) is 0.980. The second-order valence-electron chi connectivity index (χ2n) is 15.9. The van der Waals surface area contributed by atoms with Crippen molar-refractivity contribution >= 4 is 24.0 Å². The molecule has 14 heteroatoms. The zero-order valence-corrected chi connectivity index (χ0v) is 34.7. The van der Waals surface area contributed by atoms with Crippen LogP contribution in [0.4, 0.5) is 9.59 Å². The Kier molecular flexibility index (Phi) is 12.4. The number of hydrogen-bond donors (Lipinski definition) is 4. The molecular weight excluding hydrogens is 785 g/mol. The van der Waals surface area contributed by atoms with Gasteiger partial charge in [0.2, 0.25) is 11.8 Å². The number of methoxy groups -OCH3 is 1. The average Bonchev–Trinajstić information content (AvgIpc) is 4.16. The second-order valence-corrected chi connectivity index (χ2v) is 15.9. The van der Waals surface area contributed by atoms with E-state index in [0.717, 1.165) is 75.4 Å². The molecule has 318 valence electrons. The molecule has 4 amide bonds. The number of nitrogens with one attached hydrogen (secondary N) is 3. The van der Waals surface area contributed by atoms with Crippen molar-refractivity contribution in [3.8, 4) is 33.6 Å². The number of likely N-dealkylation sites (tertiary alicyclic amines) is 2. The minimum absolute atomic E-state index is 0.175. The first-order valence-corrected chi connectivity index (χ1v) is 21.0. The van der Waals surface area contributed by atoms with Crippen molar-refractivity contribution in [1.29, 1.82) is 0 Å². The number of rotatable bonds is 13. The van der Waals surface area contributed by atoms with Crippen molar-refractivity contribution in [2.75, 3.05) is 27.2 Å². The van der Waals surface area contributed by atoms with E-state index >= 15 is 0 Å². The van der Waals surface area contributed by atoms with Crippen LogP contribution in [0.15, 0.2) is 122 Å². The molecule has 4 N–H and O–H groups in total. The maximum atomic E-state index is 14.0. The van der Waals surface area contributed by atoms with E-state index in [2.05, 4.69) is 39.6 Å². The second kappa shape index (κ2) is 18.6. The normalized spacial score (nSPS) is 17.1. The fourth-order valence-electron chi connectivity index (χ4n) is 8.62. The van der Waals surface area contributed by atoms with Crippen molar-refractivity contribution in [3.05, 3.63) is 144 Å². The lowest BCUT2D eigenvalue weighted by atomic mass is 10.0. The van der Waals surface area contributed by atoms with Crippen LogP contribution in [0.1, 0.15) is 60.5 Å². The Morgan fingerprint density at radius 2 is 1.15 bits per heavy atom. The molecule has 14 nitrogen and oxygen atoms in total. The smallest absolute Gasteiger partial charge is 0.407 e. The molecule has 6 aromatic rings. The quantitative estimate of drug-likeness (QED) is 0.0917. The van der Waals surface area contributed by atoms with Gasteiger partial charge in [0, 0.05) is 33.0 Å². The van der Waals surface area contributed by atoms with E-state index in [4.69, 9.17) is 14.7 Å². The molecule has 4 heterocycles. The van der Waals surface area contributed by atoms with Crippen molar-refractivity contribution < 1.29 is 29.0 Å². The third-order valence-electron chi connectivity index (χ3n) is 12.0. The number of imidazole rings is 2. The number of carbonyl (C=O) groups excluding carboxylic acids is 3. The summed E-state index contributed by atoms with van der Waals surface area (Å²) in [5, 5.41) is 12.6. The molecule has 2 aliphatic heterocycles. The molecule has 0 spiro atoms. The predicted octanol–water partition coefficient (Wildman–Crippen LogP) is 7.65. The summed E-state index contributed by atoms with van der Waals surface area (Å²) in [4.78, 5) is 73.1. The van der Waals surface area contributed by atoms with Crippen LogP contribution in [0.5, 0.6) is 0 Å². The van der Waals surface area contributed by atoms with Gasteiger partial charge in [-0.1, -0.05) is 109 Å². The van der Waals surface area contributed by atoms with Crippen molar-refractivity contribution in [1.82, 2.24) is 40.0 Å². The van der Waals surface area contributed by atoms with Crippen LogP contribution in [0.25, 0.3) is 33.6 Å². The number of H-pyrrole nitrogens is 2. The van der Waals surface area contributed by atoms with Gasteiger partial charge in [-0.05, 0) is 59.1 Å². The number of carboxylic acid groups (broad SMARTS) is 1. The molecule has 0 aliphatic carbocycles. The number of carbonyl (C=O) groups is 4. The lowest BCUT2D eigenvalue weighted by molar-refractivity contribution is -0.137. The van der Waals surface area contributed by atoms with Crippen molar-refractivity contribution in [2.45, 2.75) is 62.7 Å². The first-order chi connectivity index (χ1) is 30.2. The summed E-state index contributed by atoms with van der Waals surface area (Å²) in [7, 11) is 2.74. The molecular formula is C48H50N8O6. The fourth-order valence-corrected chi connectivity index (χ4v) is 8.62. The predicted molar refractivity (Wildman–Crippen MR) is 234 cm³/mol. The molecule has 2 aromatic heterocycles. The van der Waals surface area contributed by atoms with Crippen LogP contribution in [-0.4, -0.2) is 103 Å². The number of aromatic amines is 2. The van der Waals surface area contributed by atoms with E-state index in [0.29, 0.717) is 31.2 Å². The van der Waals surface area contributed by atoms with Crippen LogP contribution in [0.3, 0.4) is 0 Å². The number of amides is 4. The van der Waals surface area contributed by atoms with Gasteiger partial charge in [-0.3, -0.25) is 14.5 Å². The average molecular weight is 835 g/mol. The number of likely N-dealkylation sites (N-methyl/N-ethyl adjacent to an activating group) is 1. The largest absolute Gasteiger partial charge is 0.465 e. The van der Waals surface area contributed by atoms with Crippen molar-refractivity contribution in [3.63, 3.8) is 0 Å². The summed E-state index contributed by atoms with van der Waals surface area (Å²) >= 11 is 0. The van der Waals surface area contributed by atoms with Crippen LogP contribution < -0.4 is 5.32 Å². The zero-order chi connectivity index (χ0) is 43.2. The Bertz CT molecular complexity index is 2490. The highest BCUT2D eigenvalue weighted by Gasteiger charge is 2.39. The number of alkyl carbamates (subject to hydrolysis) is 1. The Hall–Kier alpha value is -7.22. The van der Waals surface area contributed by atoms with Gasteiger partial charge in [-0.15, -0.1) is 0 Å². The van der Waals surface area contributed by atoms with Gasteiger partial charge in [0.15, 0.2) is 0 Å². The Labute approximate surface area is 360 Å². The molecule has 0 radical (unpaired) electrons. The first-order valence-electron chi connectivity index (χ1n) is 21.0. The highest BCUT2D eigenvalue weighted by Crippen LogP contribution is 2.35. The lowest BCUT2D eigenvalue weighted by Crippen LogP contribution is -2.50. The van der Waals surface area contributed by atoms with Gasteiger partial charge in [0.1, 0.15) is 23.7 Å². The monoisotopic (exact) mass is 834 g/mol. The highest BCUT2D eigenvalue weighted by atomic mass is 16.5. The van der Waals surface area contributed by atoms with Crippen LogP contribution in [0.2, 0.25) is 0 Å². The molecule has 2 aliphatic rings. The van der Waals surface area contributed by atoms with E-state index in [1.165, 1.54) is 14.2 Å². The van der Waals surface area contributed by atoms with E-state index < -0.39 is 24.3 Å². The van der Waals surface area contributed by atoms with Crippen molar-refractivity contribution in [2.24, 2.45) is 0 Å². The Morgan fingerprint density at radius 1 is 0.694 bits per heavy atom. The Balaban J connectivity index is 0.918. The molecule has 8 rings (SSSR count). The van der Waals surface area contributed by atoms with E-state index in [9.17, 15) is 24.3 Å². The van der Waals surface area contributed by atoms with Gasteiger partial charge in [0.05, 0.1) is 43.0 Å². The molecule has 0 saturated carbocycles. The zero-order valence-electron chi connectivity index (χ0n) is 34.7.